The largest absolute Gasteiger partial charge is 0.206 e. The number of rotatable bonds is 0. The smallest absolute Gasteiger partial charge is 0.131 e. The maximum atomic E-state index is 13.8. The predicted octanol–water partition coefficient (Wildman–Crippen LogP) is 4.58. The first-order valence-corrected chi connectivity index (χ1v) is 5.44. The summed E-state index contributed by atoms with van der Waals surface area (Å²) >= 11 is 0. The molecule has 84 valence electrons. The third-order valence-electron chi connectivity index (χ3n) is 3.15. The Kier molecular flexibility index (Phi) is 2.11. The van der Waals surface area contributed by atoms with Gasteiger partial charge in [-0.25, -0.2) is 8.78 Å². The van der Waals surface area contributed by atoms with E-state index in [2.05, 4.69) is 0 Å². The summed E-state index contributed by atoms with van der Waals surface area (Å²) in [6.07, 6.45) is 0. The molecule has 0 aliphatic rings. The fourth-order valence-electron chi connectivity index (χ4n) is 2.41. The molecule has 0 bridgehead atoms. The molecule has 2 heteroatoms. The summed E-state index contributed by atoms with van der Waals surface area (Å²) in [6, 6.07) is 11.7. The van der Waals surface area contributed by atoms with Crippen molar-refractivity contribution in [2.45, 2.75) is 6.92 Å². The van der Waals surface area contributed by atoms with Gasteiger partial charge < -0.3 is 0 Å². The third kappa shape index (κ3) is 1.41. The summed E-state index contributed by atoms with van der Waals surface area (Å²) < 4.78 is 27.6. The highest BCUT2D eigenvalue weighted by Gasteiger charge is 2.10. The van der Waals surface area contributed by atoms with Gasteiger partial charge >= 0.3 is 0 Å². The molecule has 0 aliphatic heterocycles. The Labute approximate surface area is 97.5 Å². The lowest BCUT2D eigenvalue weighted by Crippen LogP contribution is -1.89. The zero-order chi connectivity index (χ0) is 12.0. The van der Waals surface area contributed by atoms with Gasteiger partial charge in [0.1, 0.15) is 11.6 Å². The van der Waals surface area contributed by atoms with Gasteiger partial charge in [-0.3, -0.25) is 0 Å². The van der Waals surface area contributed by atoms with Gasteiger partial charge in [0.15, 0.2) is 0 Å². The fourth-order valence-corrected chi connectivity index (χ4v) is 2.41. The molecule has 0 aromatic heterocycles. The predicted molar refractivity (Wildman–Crippen MR) is 66.1 cm³/mol. The first kappa shape index (κ1) is 10.2. The fraction of sp³-hybridized carbons (Fsp3) is 0.0667. The average Bonchev–Trinajstić information content (AvgIpc) is 2.28. The first-order valence-electron chi connectivity index (χ1n) is 5.44. The monoisotopic (exact) mass is 228 g/mol. The number of benzene rings is 3. The molecule has 0 fully saturated rings. The second kappa shape index (κ2) is 3.52. The van der Waals surface area contributed by atoms with Crippen LogP contribution in [0, 0.1) is 18.6 Å². The van der Waals surface area contributed by atoms with Gasteiger partial charge in [0.05, 0.1) is 0 Å². The summed E-state index contributed by atoms with van der Waals surface area (Å²) in [5, 5.41) is 2.62. The standard InChI is InChI=1S/C15H10F2/c1-9-14-10(4-2-6-12(14)16)8-11-5-3-7-13(17)15(9)11/h2-8H,1H3. The molecule has 0 radical (unpaired) electrons. The molecule has 0 N–H and O–H groups in total. The zero-order valence-corrected chi connectivity index (χ0v) is 9.30. The zero-order valence-electron chi connectivity index (χ0n) is 9.30. The van der Waals surface area contributed by atoms with Crippen molar-refractivity contribution in [1.29, 1.82) is 0 Å². The molecule has 3 aromatic carbocycles. The van der Waals surface area contributed by atoms with Gasteiger partial charge in [0, 0.05) is 10.8 Å². The van der Waals surface area contributed by atoms with Crippen LogP contribution in [0.15, 0.2) is 42.5 Å². The van der Waals surface area contributed by atoms with Crippen LogP contribution < -0.4 is 0 Å². The molecule has 0 heterocycles. The molecule has 17 heavy (non-hydrogen) atoms. The summed E-state index contributed by atoms with van der Waals surface area (Å²) in [5.74, 6) is -0.602. The molecule has 0 aliphatic carbocycles. The highest BCUT2D eigenvalue weighted by molar-refractivity contribution is 6.02. The van der Waals surface area contributed by atoms with Crippen molar-refractivity contribution in [3.8, 4) is 0 Å². The van der Waals surface area contributed by atoms with Gasteiger partial charge in [-0.2, -0.15) is 0 Å². The quantitative estimate of drug-likeness (QED) is 0.494. The summed E-state index contributed by atoms with van der Waals surface area (Å²) in [7, 11) is 0. The molecule has 0 saturated heterocycles. The summed E-state index contributed by atoms with van der Waals surface area (Å²) in [6.45, 7) is 1.76. The lowest BCUT2D eigenvalue weighted by Gasteiger charge is -2.09. The van der Waals surface area contributed by atoms with Crippen molar-refractivity contribution in [2.24, 2.45) is 0 Å². The van der Waals surface area contributed by atoms with Crippen LogP contribution in [0.2, 0.25) is 0 Å². The lowest BCUT2D eigenvalue weighted by atomic mass is 9.97. The van der Waals surface area contributed by atoms with Crippen LogP contribution in [0.25, 0.3) is 21.5 Å². The van der Waals surface area contributed by atoms with E-state index in [1.807, 2.05) is 18.2 Å². The van der Waals surface area contributed by atoms with Crippen LogP contribution >= 0.6 is 0 Å². The number of halogens is 2. The molecule has 0 nitrogen and oxygen atoms in total. The van der Waals surface area contributed by atoms with E-state index >= 15 is 0 Å². The average molecular weight is 228 g/mol. The molecule has 0 saturated carbocycles. The van der Waals surface area contributed by atoms with Crippen molar-refractivity contribution in [1.82, 2.24) is 0 Å². The van der Waals surface area contributed by atoms with E-state index < -0.39 is 0 Å². The summed E-state index contributed by atoms with van der Waals surface area (Å²) in [5.41, 5.74) is 0.661. The second-order valence-corrected chi connectivity index (χ2v) is 4.18. The Bertz CT molecular complexity index is 670. The maximum absolute atomic E-state index is 13.8. The van der Waals surface area contributed by atoms with E-state index in [-0.39, 0.29) is 11.6 Å². The molecule has 0 spiro atoms. The number of fused-ring (bicyclic) bond motifs is 2. The molecule has 3 aromatic rings. The third-order valence-corrected chi connectivity index (χ3v) is 3.15. The van der Waals surface area contributed by atoms with Gasteiger partial charge in [-0.15, -0.1) is 0 Å². The molecule has 0 unspecified atom stereocenters. The SMILES string of the molecule is Cc1c2c(F)cccc2cc2cccc(F)c12. The summed E-state index contributed by atoms with van der Waals surface area (Å²) in [4.78, 5) is 0. The molecule has 3 rings (SSSR count). The number of aryl methyl sites for hydroxylation is 1. The van der Waals surface area contributed by atoms with Crippen LogP contribution in [0.5, 0.6) is 0 Å². The van der Waals surface area contributed by atoms with Crippen molar-refractivity contribution in [3.63, 3.8) is 0 Å². The van der Waals surface area contributed by atoms with Crippen molar-refractivity contribution in [2.75, 3.05) is 0 Å². The van der Waals surface area contributed by atoms with Gasteiger partial charge in [0.25, 0.3) is 0 Å². The van der Waals surface area contributed by atoms with Crippen LogP contribution in [0.1, 0.15) is 5.56 Å². The maximum Gasteiger partial charge on any atom is 0.131 e. The van der Waals surface area contributed by atoms with Gasteiger partial charge in [0.2, 0.25) is 0 Å². The van der Waals surface area contributed by atoms with Crippen molar-refractivity contribution in [3.05, 3.63) is 59.7 Å². The first-order chi connectivity index (χ1) is 8.18. The van der Waals surface area contributed by atoms with E-state index in [0.717, 1.165) is 10.8 Å². The Hall–Kier alpha value is -1.96. The van der Waals surface area contributed by atoms with E-state index in [1.54, 1.807) is 19.1 Å². The normalized spacial score (nSPS) is 11.2. The van der Waals surface area contributed by atoms with Crippen molar-refractivity contribution >= 4 is 21.5 Å². The Morgan fingerprint density at radius 2 is 1.24 bits per heavy atom. The van der Waals surface area contributed by atoms with E-state index in [9.17, 15) is 8.78 Å². The second-order valence-electron chi connectivity index (χ2n) is 4.18. The minimum absolute atomic E-state index is 0.301. The topological polar surface area (TPSA) is 0 Å². The van der Waals surface area contributed by atoms with Crippen LogP contribution in [0.4, 0.5) is 8.78 Å². The van der Waals surface area contributed by atoms with E-state index in [1.165, 1.54) is 12.1 Å². The van der Waals surface area contributed by atoms with Gasteiger partial charge in [-0.1, -0.05) is 24.3 Å². The number of hydrogen-bond acceptors (Lipinski definition) is 0. The molecule has 0 atom stereocenters. The molecule has 0 amide bonds. The minimum atomic E-state index is -0.301. The number of hydrogen-bond donors (Lipinski definition) is 0. The van der Waals surface area contributed by atoms with E-state index in [4.69, 9.17) is 0 Å². The van der Waals surface area contributed by atoms with Gasteiger partial charge in [-0.05, 0) is 41.5 Å². The Morgan fingerprint density at radius 3 is 1.71 bits per heavy atom. The van der Waals surface area contributed by atoms with Crippen LogP contribution in [-0.2, 0) is 0 Å². The van der Waals surface area contributed by atoms with Crippen molar-refractivity contribution < 1.29 is 8.78 Å². The molecular formula is C15H10F2. The molecular weight excluding hydrogens is 218 g/mol. The highest BCUT2D eigenvalue weighted by atomic mass is 19.1. The minimum Gasteiger partial charge on any atom is -0.206 e. The van der Waals surface area contributed by atoms with E-state index in [0.29, 0.717) is 16.3 Å². The highest BCUT2D eigenvalue weighted by Crippen LogP contribution is 2.30. The van der Waals surface area contributed by atoms with Crippen LogP contribution in [0.3, 0.4) is 0 Å². The Morgan fingerprint density at radius 1 is 0.765 bits per heavy atom. The lowest BCUT2D eigenvalue weighted by molar-refractivity contribution is 0.636. The van der Waals surface area contributed by atoms with Crippen LogP contribution in [-0.4, -0.2) is 0 Å². The Balaban J connectivity index is 2.64.